The topological polar surface area (TPSA) is 29.5 Å². The number of halogens is 1. The summed E-state index contributed by atoms with van der Waals surface area (Å²) in [6, 6.07) is 5.84. The van der Waals surface area contributed by atoms with Gasteiger partial charge in [-0.15, -0.1) is 0 Å². The van der Waals surface area contributed by atoms with E-state index in [-0.39, 0.29) is 5.82 Å². The molecule has 2 rings (SSSR count). The summed E-state index contributed by atoms with van der Waals surface area (Å²) in [6.07, 6.45) is 0. The maximum Gasteiger partial charge on any atom is 0.136 e. The van der Waals surface area contributed by atoms with E-state index in [0.29, 0.717) is 13.2 Å². The number of hydrogen-bond donors (Lipinski definition) is 1. The molecule has 64 valence electrons. The van der Waals surface area contributed by atoms with Crippen LogP contribution in [-0.2, 0) is 10.3 Å². The van der Waals surface area contributed by atoms with E-state index in [1.54, 1.807) is 12.1 Å². The molecule has 0 aliphatic carbocycles. The Bertz CT molecular complexity index is 277. The Morgan fingerprint density at radius 2 is 1.83 bits per heavy atom. The van der Waals surface area contributed by atoms with E-state index in [1.165, 1.54) is 12.1 Å². The summed E-state index contributed by atoms with van der Waals surface area (Å²) in [5.74, 6) is -0.289. The van der Waals surface area contributed by atoms with Crippen LogP contribution in [0, 0.1) is 5.82 Å². The molecule has 1 saturated heterocycles. The summed E-state index contributed by atoms with van der Waals surface area (Å²) in [5.41, 5.74) is -0.164. The molecule has 2 nitrogen and oxygen atoms in total. The zero-order chi connectivity index (χ0) is 8.60. The molecule has 1 heterocycles. The van der Waals surface area contributed by atoms with Crippen molar-refractivity contribution in [3.8, 4) is 0 Å². The Morgan fingerprint density at radius 1 is 1.25 bits per heavy atom. The van der Waals surface area contributed by atoms with E-state index in [2.05, 4.69) is 0 Å². The average molecular weight is 168 g/mol. The van der Waals surface area contributed by atoms with E-state index >= 15 is 0 Å². The largest absolute Gasteiger partial charge is 0.380 e. The minimum Gasteiger partial charge on any atom is -0.380 e. The van der Waals surface area contributed by atoms with Crippen molar-refractivity contribution in [3.63, 3.8) is 0 Å². The van der Waals surface area contributed by atoms with E-state index in [0.717, 1.165) is 5.56 Å². The molecule has 0 aromatic heterocycles. The van der Waals surface area contributed by atoms with E-state index in [4.69, 9.17) is 4.74 Å². The van der Waals surface area contributed by atoms with Gasteiger partial charge in [0, 0.05) is 0 Å². The lowest BCUT2D eigenvalue weighted by Crippen LogP contribution is -2.46. The molecule has 1 aromatic carbocycles. The number of ether oxygens (including phenoxy) is 1. The molecule has 1 fully saturated rings. The zero-order valence-electron chi connectivity index (χ0n) is 6.46. The lowest BCUT2D eigenvalue weighted by molar-refractivity contribution is -0.184. The van der Waals surface area contributed by atoms with Crippen molar-refractivity contribution in [3.05, 3.63) is 35.6 Å². The fourth-order valence-corrected chi connectivity index (χ4v) is 1.22. The van der Waals surface area contributed by atoms with E-state index < -0.39 is 5.60 Å². The lowest BCUT2D eigenvalue weighted by atomic mass is 9.92. The first-order chi connectivity index (χ1) is 5.71. The molecule has 1 aliphatic heterocycles. The summed E-state index contributed by atoms with van der Waals surface area (Å²) in [7, 11) is 0. The summed E-state index contributed by atoms with van der Waals surface area (Å²) < 4.78 is 17.4. The van der Waals surface area contributed by atoms with Gasteiger partial charge in [0.25, 0.3) is 0 Å². The van der Waals surface area contributed by atoms with Gasteiger partial charge in [-0.1, -0.05) is 12.1 Å². The minimum absolute atomic E-state index is 0.289. The Labute approximate surface area is 69.6 Å². The number of benzene rings is 1. The highest BCUT2D eigenvalue weighted by molar-refractivity contribution is 5.24. The Morgan fingerprint density at radius 3 is 2.25 bits per heavy atom. The van der Waals surface area contributed by atoms with Crippen molar-refractivity contribution in [2.24, 2.45) is 0 Å². The molecule has 1 aliphatic rings. The van der Waals surface area contributed by atoms with Gasteiger partial charge in [0.1, 0.15) is 11.4 Å². The molecule has 1 aromatic rings. The van der Waals surface area contributed by atoms with Crippen molar-refractivity contribution < 1.29 is 14.2 Å². The van der Waals surface area contributed by atoms with Crippen LogP contribution in [0.2, 0.25) is 0 Å². The van der Waals surface area contributed by atoms with Crippen LogP contribution in [0.5, 0.6) is 0 Å². The normalized spacial score (nSPS) is 20.2. The second-order valence-electron chi connectivity index (χ2n) is 3.03. The van der Waals surface area contributed by atoms with Gasteiger partial charge in [0.2, 0.25) is 0 Å². The standard InChI is InChI=1S/C9H9FO2/c10-8-3-1-7(2-4-8)9(11)5-12-6-9/h1-4,11H,5-6H2. The van der Waals surface area contributed by atoms with Crippen LogP contribution in [0.25, 0.3) is 0 Å². The third-order valence-corrected chi connectivity index (χ3v) is 2.06. The molecule has 12 heavy (non-hydrogen) atoms. The van der Waals surface area contributed by atoms with Crippen LogP contribution < -0.4 is 0 Å². The molecule has 0 radical (unpaired) electrons. The van der Waals surface area contributed by atoms with Gasteiger partial charge in [-0.3, -0.25) is 0 Å². The molecule has 3 heteroatoms. The maximum atomic E-state index is 12.5. The number of rotatable bonds is 1. The monoisotopic (exact) mass is 168 g/mol. The first-order valence-electron chi connectivity index (χ1n) is 3.77. The van der Waals surface area contributed by atoms with Crippen molar-refractivity contribution >= 4 is 0 Å². The van der Waals surface area contributed by atoms with Gasteiger partial charge in [-0.25, -0.2) is 4.39 Å². The highest BCUT2D eigenvalue weighted by atomic mass is 19.1. The molecular formula is C9H9FO2. The van der Waals surface area contributed by atoms with Gasteiger partial charge in [-0.05, 0) is 17.7 Å². The Balaban J connectivity index is 2.28. The smallest absolute Gasteiger partial charge is 0.136 e. The first kappa shape index (κ1) is 7.71. The summed E-state index contributed by atoms with van der Waals surface area (Å²) in [5, 5.41) is 9.72. The third-order valence-electron chi connectivity index (χ3n) is 2.06. The lowest BCUT2D eigenvalue weighted by Gasteiger charge is -2.36. The molecule has 0 saturated carbocycles. The molecule has 0 atom stereocenters. The van der Waals surface area contributed by atoms with Gasteiger partial charge in [0.15, 0.2) is 0 Å². The fourth-order valence-electron chi connectivity index (χ4n) is 1.22. The Kier molecular flexibility index (Phi) is 1.63. The molecule has 0 spiro atoms. The van der Waals surface area contributed by atoms with Gasteiger partial charge < -0.3 is 9.84 Å². The van der Waals surface area contributed by atoms with Crippen LogP contribution in [0.3, 0.4) is 0 Å². The van der Waals surface area contributed by atoms with Gasteiger partial charge in [-0.2, -0.15) is 0 Å². The quantitative estimate of drug-likeness (QED) is 0.679. The minimum atomic E-state index is -0.881. The maximum absolute atomic E-state index is 12.5. The summed E-state index contributed by atoms with van der Waals surface area (Å²) >= 11 is 0. The molecule has 0 amide bonds. The number of hydrogen-bond acceptors (Lipinski definition) is 2. The fraction of sp³-hybridized carbons (Fsp3) is 0.333. The van der Waals surface area contributed by atoms with Crippen molar-refractivity contribution in [1.82, 2.24) is 0 Å². The highest BCUT2D eigenvalue weighted by Gasteiger charge is 2.37. The van der Waals surface area contributed by atoms with E-state index in [9.17, 15) is 9.50 Å². The predicted octanol–water partition coefficient (Wildman–Crippen LogP) is 1.04. The van der Waals surface area contributed by atoms with Crippen LogP contribution in [-0.4, -0.2) is 18.3 Å². The SMILES string of the molecule is OC1(c2ccc(F)cc2)COC1. The van der Waals surface area contributed by atoms with Crippen LogP contribution in [0.15, 0.2) is 24.3 Å². The molecule has 0 bridgehead atoms. The molecule has 0 unspecified atom stereocenters. The first-order valence-corrected chi connectivity index (χ1v) is 3.77. The molecular weight excluding hydrogens is 159 g/mol. The van der Waals surface area contributed by atoms with Crippen LogP contribution in [0.1, 0.15) is 5.56 Å². The van der Waals surface area contributed by atoms with E-state index in [1.807, 2.05) is 0 Å². The van der Waals surface area contributed by atoms with Gasteiger partial charge >= 0.3 is 0 Å². The van der Waals surface area contributed by atoms with Crippen molar-refractivity contribution in [2.75, 3.05) is 13.2 Å². The summed E-state index contributed by atoms with van der Waals surface area (Å²) in [6.45, 7) is 0.608. The second kappa shape index (κ2) is 2.54. The molecule has 1 N–H and O–H groups in total. The average Bonchev–Trinajstić information content (AvgIpc) is 2.02. The summed E-state index contributed by atoms with van der Waals surface area (Å²) in [4.78, 5) is 0. The van der Waals surface area contributed by atoms with Crippen LogP contribution in [0.4, 0.5) is 4.39 Å². The predicted molar refractivity (Wildman–Crippen MR) is 41.1 cm³/mol. The third kappa shape index (κ3) is 1.11. The van der Waals surface area contributed by atoms with Crippen molar-refractivity contribution in [1.29, 1.82) is 0 Å². The zero-order valence-corrected chi connectivity index (χ0v) is 6.46. The Hall–Kier alpha value is -0.930. The number of aliphatic hydroxyl groups is 1. The highest BCUT2D eigenvalue weighted by Crippen LogP contribution is 2.28. The second-order valence-corrected chi connectivity index (χ2v) is 3.03. The van der Waals surface area contributed by atoms with Crippen LogP contribution >= 0.6 is 0 Å². The van der Waals surface area contributed by atoms with Crippen molar-refractivity contribution in [2.45, 2.75) is 5.60 Å². The van der Waals surface area contributed by atoms with Gasteiger partial charge in [0.05, 0.1) is 13.2 Å².